The van der Waals surface area contributed by atoms with Crippen molar-refractivity contribution in [3.05, 3.63) is 47.8 Å². The maximum absolute atomic E-state index is 13.3. The lowest BCUT2D eigenvalue weighted by Crippen LogP contribution is -2.46. The molecule has 7 nitrogen and oxygen atoms in total. The van der Waals surface area contributed by atoms with E-state index in [9.17, 15) is 9.59 Å². The standard InChI is InChI=1S/C24H35N3O4/c1-7-8-14-26(16-19-10-9-13-25(19)4)23(28)17-27(18(2)3)24(29)21-12-11-20(30-5)15-22(21)31-6/h9-13,15,18H,7-8,14,16-17H2,1-6H3. The van der Waals surface area contributed by atoms with Crippen molar-refractivity contribution in [3.63, 3.8) is 0 Å². The van der Waals surface area contributed by atoms with Crippen molar-refractivity contribution in [2.24, 2.45) is 7.05 Å². The van der Waals surface area contributed by atoms with Crippen molar-refractivity contribution in [3.8, 4) is 11.5 Å². The van der Waals surface area contributed by atoms with Crippen LogP contribution >= 0.6 is 0 Å². The van der Waals surface area contributed by atoms with Gasteiger partial charge in [0.15, 0.2) is 0 Å². The first-order valence-electron chi connectivity index (χ1n) is 10.7. The van der Waals surface area contributed by atoms with Gasteiger partial charge in [0.05, 0.1) is 26.3 Å². The second kappa shape index (κ2) is 11.4. The number of methoxy groups -OCH3 is 2. The lowest BCUT2D eigenvalue weighted by Gasteiger charge is -2.30. The molecule has 0 N–H and O–H groups in total. The molecule has 0 spiro atoms. The molecule has 7 heteroatoms. The van der Waals surface area contributed by atoms with Crippen molar-refractivity contribution in [1.82, 2.24) is 14.4 Å². The van der Waals surface area contributed by atoms with Gasteiger partial charge >= 0.3 is 0 Å². The molecule has 1 heterocycles. The molecule has 0 bridgehead atoms. The Morgan fingerprint density at radius 2 is 1.87 bits per heavy atom. The van der Waals surface area contributed by atoms with Crippen LogP contribution in [0, 0.1) is 0 Å². The third kappa shape index (κ3) is 6.26. The fourth-order valence-corrected chi connectivity index (χ4v) is 3.36. The molecule has 0 aliphatic carbocycles. The maximum Gasteiger partial charge on any atom is 0.258 e. The molecule has 2 aromatic rings. The average Bonchev–Trinajstić information content (AvgIpc) is 3.17. The lowest BCUT2D eigenvalue weighted by molar-refractivity contribution is -0.133. The van der Waals surface area contributed by atoms with Crippen molar-refractivity contribution in [2.75, 3.05) is 27.3 Å². The summed E-state index contributed by atoms with van der Waals surface area (Å²) in [4.78, 5) is 30.0. The number of ether oxygens (including phenoxy) is 2. The Morgan fingerprint density at radius 3 is 2.42 bits per heavy atom. The van der Waals surface area contributed by atoms with Gasteiger partial charge in [0.2, 0.25) is 5.91 Å². The summed E-state index contributed by atoms with van der Waals surface area (Å²) < 4.78 is 12.6. The molecule has 0 saturated heterocycles. The second-order valence-electron chi connectivity index (χ2n) is 7.87. The van der Waals surface area contributed by atoms with E-state index in [1.807, 2.05) is 48.7 Å². The Hall–Kier alpha value is -2.96. The fourth-order valence-electron chi connectivity index (χ4n) is 3.36. The van der Waals surface area contributed by atoms with Gasteiger partial charge in [-0.3, -0.25) is 9.59 Å². The van der Waals surface area contributed by atoms with E-state index in [2.05, 4.69) is 6.92 Å². The Balaban J connectivity index is 2.24. The molecular formula is C24H35N3O4. The number of rotatable bonds is 11. The third-order valence-corrected chi connectivity index (χ3v) is 5.37. The van der Waals surface area contributed by atoms with E-state index in [0.29, 0.717) is 30.2 Å². The van der Waals surface area contributed by atoms with Gasteiger partial charge in [0.25, 0.3) is 5.91 Å². The van der Waals surface area contributed by atoms with Gasteiger partial charge in [0, 0.05) is 37.6 Å². The first-order valence-corrected chi connectivity index (χ1v) is 10.7. The Bertz CT molecular complexity index is 875. The minimum absolute atomic E-state index is 0.0137. The van der Waals surface area contributed by atoms with Gasteiger partial charge < -0.3 is 23.8 Å². The quantitative estimate of drug-likeness (QED) is 0.546. The maximum atomic E-state index is 13.3. The molecule has 0 saturated carbocycles. The van der Waals surface area contributed by atoms with Gasteiger partial charge in [-0.1, -0.05) is 13.3 Å². The summed E-state index contributed by atoms with van der Waals surface area (Å²) in [5, 5.41) is 0. The van der Waals surface area contributed by atoms with E-state index in [-0.39, 0.29) is 24.4 Å². The molecule has 0 atom stereocenters. The largest absolute Gasteiger partial charge is 0.497 e. The molecule has 1 aromatic heterocycles. The number of carbonyl (C=O) groups excluding carboxylic acids is 2. The SMILES string of the molecule is CCCCN(Cc1cccn1C)C(=O)CN(C(=O)c1ccc(OC)cc1OC)C(C)C. The summed E-state index contributed by atoms with van der Waals surface area (Å²) in [5.74, 6) is 0.726. The monoisotopic (exact) mass is 429 g/mol. The summed E-state index contributed by atoms with van der Waals surface area (Å²) in [6.07, 6.45) is 3.88. The zero-order chi connectivity index (χ0) is 23.0. The number of amides is 2. The molecule has 0 fully saturated rings. The number of hydrogen-bond acceptors (Lipinski definition) is 4. The molecule has 2 rings (SSSR count). The highest BCUT2D eigenvalue weighted by Gasteiger charge is 2.27. The van der Waals surface area contributed by atoms with Crippen LogP contribution in [0.1, 0.15) is 49.7 Å². The number of carbonyl (C=O) groups is 2. The van der Waals surface area contributed by atoms with Gasteiger partial charge in [0.1, 0.15) is 18.0 Å². The Labute approximate surface area is 185 Å². The molecule has 2 amide bonds. The van der Waals surface area contributed by atoms with Crippen molar-refractivity contribution in [2.45, 2.75) is 46.2 Å². The zero-order valence-electron chi connectivity index (χ0n) is 19.6. The normalized spacial score (nSPS) is 10.8. The molecular weight excluding hydrogens is 394 g/mol. The van der Waals surface area contributed by atoms with Crippen LogP contribution in [0.5, 0.6) is 11.5 Å². The third-order valence-electron chi connectivity index (χ3n) is 5.37. The summed E-state index contributed by atoms with van der Waals surface area (Å²) in [6.45, 7) is 7.12. The van der Waals surface area contributed by atoms with Crippen molar-refractivity contribution < 1.29 is 19.1 Å². The van der Waals surface area contributed by atoms with Gasteiger partial charge in [-0.25, -0.2) is 0 Å². The molecule has 0 radical (unpaired) electrons. The molecule has 1 aromatic carbocycles. The number of unbranched alkanes of at least 4 members (excludes halogenated alkanes) is 1. The minimum Gasteiger partial charge on any atom is -0.497 e. The molecule has 0 aliphatic rings. The van der Waals surface area contributed by atoms with Gasteiger partial charge in [-0.05, 0) is 44.5 Å². The van der Waals surface area contributed by atoms with Crippen LogP contribution in [0.15, 0.2) is 36.5 Å². The van der Waals surface area contributed by atoms with Gasteiger partial charge in [-0.15, -0.1) is 0 Å². The van der Waals surface area contributed by atoms with Crippen LogP contribution in [0.4, 0.5) is 0 Å². The van der Waals surface area contributed by atoms with E-state index in [1.165, 1.54) is 7.11 Å². The number of nitrogens with zero attached hydrogens (tertiary/aromatic N) is 3. The Morgan fingerprint density at radius 1 is 1.13 bits per heavy atom. The summed E-state index contributed by atoms with van der Waals surface area (Å²) >= 11 is 0. The highest BCUT2D eigenvalue weighted by Crippen LogP contribution is 2.26. The first-order chi connectivity index (χ1) is 14.8. The van der Waals surface area contributed by atoms with Crippen LogP contribution in [-0.4, -0.2) is 59.5 Å². The smallest absolute Gasteiger partial charge is 0.258 e. The predicted molar refractivity (Wildman–Crippen MR) is 121 cm³/mol. The van der Waals surface area contributed by atoms with E-state index in [4.69, 9.17) is 9.47 Å². The van der Waals surface area contributed by atoms with E-state index in [1.54, 1.807) is 30.2 Å². The summed E-state index contributed by atoms with van der Waals surface area (Å²) in [6, 6.07) is 8.91. The van der Waals surface area contributed by atoms with E-state index >= 15 is 0 Å². The highest BCUT2D eigenvalue weighted by atomic mass is 16.5. The van der Waals surface area contributed by atoms with E-state index in [0.717, 1.165) is 18.5 Å². The van der Waals surface area contributed by atoms with Crippen LogP contribution in [-0.2, 0) is 18.4 Å². The van der Waals surface area contributed by atoms with Crippen LogP contribution < -0.4 is 9.47 Å². The fraction of sp³-hybridized carbons (Fsp3) is 0.500. The predicted octanol–water partition coefficient (Wildman–Crippen LogP) is 3.72. The molecule has 0 unspecified atom stereocenters. The Kier molecular flexibility index (Phi) is 8.97. The summed E-state index contributed by atoms with van der Waals surface area (Å²) in [7, 11) is 5.05. The zero-order valence-corrected chi connectivity index (χ0v) is 19.6. The summed E-state index contributed by atoms with van der Waals surface area (Å²) in [5.41, 5.74) is 1.47. The second-order valence-corrected chi connectivity index (χ2v) is 7.87. The number of aromatic nitrogens is 1. The number of hydrogen-bond donors (Lipinski definition) is 0. The number of aryl methyl sites for hydroxylation is 1. The molecule has 0 aliphatic heterocycles. The minimum atomic E-state index is -0.239. The molecule has 31 heavy (non-hydrogen) atoms. The van der Waals surface area contributed by atoms with Gasteiger partial charge in [-0.2, -0.15) is 0 Å². The van der Waals surface area contributed by atoms with Crippen molar-refractivity contribution >= 4 is 11.8 Å². The first kappa shape index (κ1) is 24.3. The van der Waals surface area contributed by atoms with Crippen molar-refractivity contribution in [1.29, 1.82) is 0 Å². The van der Waals surface area contributed by atoms with E-state index < -0.39 is 0 Å². The lowest BCUT2D eigenvalue weighted by atomic mass is 10.1. The van der Waals surface area contributed by atoms with Crippen LogP contribution in [0.25, 0.3) is 0 Å². The average molecular weight is 430 g/mol. The highest BCUT2D eigenvalue weighted by molar-refractivity contribution is 5.99. The molecule has 170 valence electrons. The van der Waals surface area contributed by atoms with Crippen LogP contribution in [0.2, 0.25) is 0 Å². The van der Waals surface area contributed by atoms with Crippen LogP contribution in [0.3, 0.4) is 0 Å². The number of benzene rings is 1. The topological polar surface area (TPSA) is 64.0 Å².